The van der Waals surface area contributed by atoms with Crippen LogP contribution in [-0.2, 0) is 0 Å². The Morgan fingerprint density at radius 3 is 1.81 bits per heavy atom. The van der Waals surface area contributed by atoms with Gasteiger partial charge in [0.2, 0.25) is 0 Å². The lowest BCUT2D eigenvalue weighted by Crippen LogP contribution is -1.91. The van der Waals surface area contributed by atoms with Gasteiger partial charge in [0.25, 0.3) is 0 Å². The Kier molecular flexibility index (Phi) is 6.25. The summed E-state index contributed by atoms with van der Waals surface area (Å²) in [7, 11) is 0. The third-order valence-electron chi connectivity index (χ3n) is 10.7. The summed E-state index contributed by atoms with van der Waals surface area (Å²) in [6, 6.07) is 59.0. The third kappa shape index (κ3) is 4.43. The Morgan fingerprint density at radius 1 is 0.327 bits per heavy atom. The molecule has 0 aliphatic carbocycles. The van der Waals surface area contributed by atoms with Crippen molar-refractivity contribution < 1.29 is 0 Å². The molecule has 3 heteroatoms. The van der Waals surface area contributed by atoms with Crippen LogP contribution in [0.4, 0.5) is 0 Å². The lowest BCUT2D eigenvalue weighted by Gasteiger charge is -2.13. The van der Waals surface area contributed by atoms with Crippen LogP contribution in [0.2, 0.25) is 0 Å². The monoisotopic (exact) mass is 659 g/mol. The van der Waals surface area contributed by atoms with Gasteiger partial charge in [-0.1, -0.05) is 133 Å². The van der Waals surface area contributed by atoms with Gasteiger partial charge in [0, 0.05) is 44.9 Å². The smallest absolute Gasteiger partial charge is 0.0970 e. The Morgan fingerprint density at radius 2 is 0.942 bits per heavy atom. The van der Waals surface area contributed by atoms with Gasteiger partial charge >= 0.3 is 0 Å². The quantitative estimate of drug-likeness (QED) is 0.177. The van der Waals surface area contributed by atoms with E-state index in [1.165, 1.54) is 70.7 Å². The first-order chi connectivity index (χ1) is 25.8. The standard InChI is InChI=1S/C49H29N3/c1-2-8-41-31(6-1)17-24-44-46(41)43-9-3-4-10-45(43)52-47(44)33-13-11-30(12-14-33)34-19-21-38-35(28-34)15-16-36-29-37(20-22-39(36)38)40-25-27-51-49-42(40)23-18-32-7-5-26-50-48(32)49/h1-29H. The van der Waals surface area contributed by atoms with Crippen molar-refractivity contribution in [2.24, 2.45) is 0 Å². The summed E-state index contributed by atoms with van der Waals surface area (Å²) in [6.07, 6.45) is 3.73. The summed E-state index contributed by atoms with van der Waals surface area (Å²) in [5, 5.41) is 13.3. The second kappa shape index (κ2) is 11.3. The van der Waals surface area contributed by atoms with Gasteiger partial charge in [-0.15, -0.1) is 0 Å². The molecule has 11 aromatic rings. The lowest BCUT2D eigenvalue weighted by molar-refractivity contribution is 1.37. The number of hydrogen-bond donors (Lipinski definition) is 0. The van der Waals surface area contributed by atoms with Gasteiger partial charge in [-0.05, 0) is 84.9 Å². The molecule has 0 bridgehead atoms. The molecule has 0 unspecified atom stereocenters. The fourth-order valence-corrected chi connectivity index (χ4v) is 8.19. The van der Waals surface area contributed by atoms with Crippen LogP contribution in [0.15, 0.2) is 176 Å². The van der Waals surface area contributed by atoms with E-state index in [4.69, 9.17) is 9.97 Å². The summed E-state index contributed by atoms with van der Waals surface area (Å²) in [6.45, 7) is 0. The van der Waals surface area contributed by atoms with Gasteiger partial charge < -0.3 is 0 Å². The zero-order valence-electron chi connectivity index (χ0n) is 28.1. The zero-order valence-corrected chi connectivity index (χ0v) is 28.1. The molecule has 52 heavy (non-hydrogen) atoms. The van der Waals surface area contributed by atoms with Crippen molar-refractivity contribution in [1.82, 2.24) is 15.0 Å². The third-order valence-corrected chi connectivity index (χ3v) is 10.7. The summed E-state index contributed by atoms with van der Waals surface area (Å²) in [5.41, 5.74) is 9.73. The molecule has 240 valence electrons. The van der Waals surface area contributed by atoms with Crippen molar-refractivity contribution >= 4 is 75.8 Å². The number of fused-ring (bicyclic) bond motifs is 11. The van der Waals surface area contributed by atoms with E-state index in [1.54, 1.807) is 0 Å². The van der Waals surface area contributed by atoms with Crippen LogP contribution in [0.1, 0.15) is 0 Å². The highest BCUT2D eigenvalue weighted by molar-refractivity contribution is 6.22. The molecular weight excluding hydrogens is 631 g/mol. The van der Waals surface area contributed by atoms with Gasteiger partial charge in [-0.25, -0.2) is 4.98 Å². The molecule has 0 amide bonds. The van der Waals surface area contributed by atoms with E-state index in [0.717, 1.165) is 38.6 Å². The number of benzene rings is 8. The molecule has 0 fully saturated rings. The Balaban J connectivity index is 0.968. The van der Waals surface area contributed by atoms with E-state index in [-0.39, 0.29) is 0 Å². The molecule has 0 atom stereocenters. The fourth-order valence-electron chi connectivity index (χ4n) is 8.19. The summed E-state index contributed by atoms with van der Waals surface area (Å²) >= 11 is 0. The summed E-state index contributed by atoms with van der Waals surface area (Å²) in [4.78, 5) is 14.6. The van der Waals surface area contributed by atoms with Crippen molar-refractivity contribution in [3.8, 4) is 33.5 Å². The van der Waals surface area contributed by atoms with Crippen molar-refractivity contribution in [1.29, 1.82) is 0 Å². The average Bonchev–Trinajstić information content (AvgIpc) is 3.22. The van der Waals surface area contributed by atoms with Crippen LogP contribution < -0.4 is 0 Å². The van der Waals surface area contributed by atoms with E-state index in [0.29, 0.717) is 0 Å². The SMILES string of the molecule is c1ccc2c(c1)ccc1c(-c3ccc(-c4ccc5c(ccc6cc(-c7ccnc8c7ccc7cccnc78)ccc65)c4)cc3)nc3ccccc3c12. The first-order valence-corrected chi connectivity index (χ1v) is 17.7. The molecule has 0 radical (unpaired) electrons. The second-order valence-corrected chi connectivity index (χ2v) is 13.6. The summed E-state index contributed by atoms with van der Waals surface area (Å²) in [5.74, 6) is 0. The Bertz CT molecular complexity index is 3220. The van der Waals surface area contributed by atoms with Crippen LogP contribution in [-0.4, -0.2) is 15.0 Å². The maximum atomic E-state index is 5.20. The minimum Gasteiger partial charge on any atom is -0.254 e. The van der Waals surface area contributed by atoms with Crippen LogP contribution >= 0.6 is 0 Å². The van der Waals surface area contributed by atoms with Crippen LogP contribution in [0.3, 0.4) is 0 Å². The first-order valence-electron chi connectivity index (χ1n) is 17.7. The van der Waals surface area contributed by atoms with Gasteiger partial charge in [-0.3, -0.25) is 9.97 Å². The number of para-hydroxylation sites is 1. The topological polar surface area (TPSA) is 38.7 Å². The lowest BCUT2D eigenvalue weighted by atomic mass is 9.93. The highest BCUT2D eigenvalue weighted by Gasteiger charge is 2.14. The first kappa shape index (κ1) is 28.8. The maximum absolute atomic E-state index is 5.20. The molecule has 3 heterocycles. The van der Waals surface area contributed by atoms with E-state index in [2.05, 4.69) is 163 Å². The average molecular weight is 660 g/mol. The molecule has 11 rings (SSSR count). The van der Waals surface area contributed by atoms with Crippen molar-refractivity contribution in [3.63, 3.8) is 0 Å². The Labute approximate surface area is 299 Å². The van der Waals surface area contributed by atoms with Crippen LogP contribution in [0.5, 0.6) is 0 Å². The number of hydrogen-bond acceptors (Lipinski definition) is 3. The molecule has 3 nitrogen and oxygen atoms in total. The minimum atomic E-state index is 0.935. The fraction of sp³-hybridized carbons (Fsp3) is 0. The van der Waals surface area contributed by atoms with E-state index >= 15 is 0 Å². The second-order valence-electron chi connectivity index (χ2n) is 13.6. The van der Waals surface area contributed by atoms with E-state index < -0.39 is 0 Å². The van der Waals surface area contributed by atoms with Crippen molar-refractivity contribution in [2.75, 3.05) is 0 Å². The highest BCUT2D eigenvalue weighted by atomic mass is 14.7. The minimum absolute atomic E-state index is 0.935. The number of pyridine rings is 3. The molecule has 8 aromatic carbocycles. The highest BCUT2D eigenvalue weighted by Crippen LogP contribution is 2.39. The molecule has 0 aliphatic heterocycles. The molecule has 0 aliphatic rings. The molecule has 0 saturated heterocycles. The number of aromatic nitrogens is 3. The van der Waals surface area contributed by atoms with Gasteiger partial charge in [0.1, 0.15) is 0 Å². The van der Waals surface area contributed by atoms with Crippen molar-refractivity contribution in [2.45, 2.75) is 0 Å². The van der Waals surface area contributed by atoms with Gasteiger partial charge in [-0.2, -0.15) is 0 Å². The van der Waals surface area contributed by atoms with Gasteiger partial charge in [0.05, 0.1) is 22.2 Å². The Hall–Kier alpha value is -6.97. The number of nitrogens with zero attached hydrogens (tertiary/aromatic N) is 3. The molecule has 0 saturated carbocycles. The van der Waals surface area contributed by atoms with Crippen LogP contribution in [0.25, 0.3) is 109 Å². The summed E-state index contributed by atoms with van der Waals surface area (Å²) < 4.78 is 0. The molecular formula is C49H29N3. The van der Waals surface area contributed by atoms with E-state index in [1.807, 2.05) is 18.5 Å². The van der Waals surface area contributed by atoms with Gasteiger partial charge in [0.15, 0.2) is 0 Å². The molecule has 0 N–H and O–H groups in total. The predicted molar refractivity (Wildman–Crippen MR) is 219 cm³/mol. The van der Waals surface area contributed by atoms with Crippen molar-refractivity contribution in [3.05, 3.63) is 176 Å². The zero-order chi connectivity index (χ0) is 34.2. The van der Waals surface area contributed by atoms with Crippen LogP contribution in [0, 0.1) is 0 Å². The predicted octanol–water partition coefficient (Wildman–Crippen LogP) is 12.9. The molecule has 0 spiro atoms. The maximum Gasteiger partial charge on any atom is 0.0970 e. The van der Waals surface area contributed by atoms with E-state index in [9.17, 15) is 0 Å². The largest absolute Gasteiger partial charge is 0.254 e. The normalized spacial score (nSPS) is 11.8. The molecule has 3 aromatic heterocycles. The number of rotatable bonds is 3.